The van der Waals surface area contributed by atoms with Crippen molar-refractivity contribution in [3.63, 3.8) is 0 Å². The smallest absolute Gasteiger partial charge is 0.168 e. The first-order chi connectivity index (χ1) is 43.2. The van der Waals surface area contributed by atoms with Crippen molar-refractivity contribution in [2.75, 3.05) is 28.4 Å². The zero-order chi connectivity index (χ0) is 62.7. The van der Waals surface area contributed by atoms with Gasteiger partial charge in [-0.1, -0.05) is 18.2 Å². The van der Waals surface area contributed by atoms with Crippen molar-refractivity contribution < 1.29 is 23.7 Å². The number of aromatic nitrogens is 3. The third-order valence-electron chi connectivity index (χ3n) is 15.7. The second kappa shape index (κ2) is 29.3. The monoisotopic (exact) mass is 1250 g/mol. The molecule has 11 rings (SSSR count). The Morgan fingerprint density at radius 3 is 0.820 bits per heavy atom. The van der Waals surface area contributed by atoms with Gasteiger partial charge in [0.25, 0.3) is 0 Å². The first-order valence-corrected chi connectivity index (χ1v) is 35.8. The van der Waals surface area contributed by atoms with Gasteiger partial charge in [-0.15, -0.1) is 0 Å². The summed E-state index contributed by atoms with van der Waals surface area (Å²) in [5, 5.41) is 6.50. The molecule has 8 nitrogen and oxygen atoms in total. The maximum absolute atomic E-state index is 10.1. The number of hydrogen-bond acceptors (Lipinski definition) is 8. The van der Waals surface area contributed by atoms with Crippen LogP contribution in [0.4, 0.5) is 0 Å². The number of halogens is 2. The first kappa shape index (κ1) is 64.5. The maximum Gasteiger partial charge on any atom is 0.168 e. The van der Waals surface area contributed by atoms with Crippen molar-refractivity contribution >= 4 is 96.8 Å². The van der Waals surface area contributed by atoms with Gasteiger partial charge in [-0.05, 0) is 93.6 Å². The summed E-state index contributed by atoms with van der Waals surface area (Å²) in [5.74, 6) is -4.38. The standard InChI is InChI=1S/C46H42Cl2O2P2.C24H24N2O2.C7H7NO/c1-49-45-33-38(36-52(48,42-27-15-6-16-28-42,43-29-17-7-18-30-43)44-31-19-8-20-32-44)46(50-2)34-37(45)35-51(47,39-21-9-3-10-22-39,40-23-11-4-12-24-40)41-25-13-5-14-26-41;1-17-7-5-9-21(25-17)13-11-19-15-24(28-4)20(16-23(19)27-3)12-14-22-10-6-8-18(2)26-22;1-6-3-2-4-7(5-9)8-6/h3-34H,35-36H2,1-2H3;5-16H,1-4H3;2-5H,1H3/b;13-11+,14-12+;. The molecular formula is C77H73Cl2N3O5P2. The van der Waals surface area contributed by atoms with Gasteiger partial charge in [0.05, 0.1) is 25.6 Å². The molecule has 0 radical (unpaired) electrons. The zero-order valence-corrected chi connectivity index (χ0v) is 54.5. The van der Waals surface area contributed by atoms with Gasteiger partial charge < -0.3 is 9.47 Å². The fourth-order valence-electron chi connectivity index (χ4n) is 11.3. The molecule has 89 heavy (non-hydrogen) atoms. The molecule has 12 heteroatoms. The van der Waals surface area contributed by atoms with Crippen LogP contribution < -0.4 is 50.8 Å². The summed E-state index contributed by atoms with van der Waals surface area (Å²) in [7, 11) is 6.80. The number of carbonyl (C=O) groups excluding carboxylic acids is 1. The van der Waals surface area contributed by atoms with Gasteiger partial charge in [-0.2, -0.15) is 0 Å². The summed E-state index contributed by atoms with van der Waals surface area (Å²) < 4.78 is 23.8. The average molecular weight is 1250 g/mol. The number of hydrogen-bond donors (Lipinski definition) is 0. The third kappa shape index (κ3) is 14.3. The Labute approximate surface area is 534 Å². The Morgan fingerprint density at radius 1 is 0.326 bits per heavy atom. The molecule has 0 saturated carbocycles. The van der Waals surface area contributed by atoms with Gasteiger partial charge in [0.1, 0.15) is 17.2 Å². The maximum atomic E-state index is 10.1. The largest absolute Gasteiger partial charge is 0.296 e. The second-order valence-electron chi connectivity index (χ2n) is 21.4. The number of benzene rings is 8. The summed E-state index contributed by atoms with van der Waals surface area (Å²) >= 11 is 17.1. The minimum atomic E-state index is -3.70. The Balaban J connectivity index is 0.000000211. The number of aryl methyl sites for hydroxylation is 3. The van der Waals surface area contributed by atoms with Crippen molar-refractivity contribution in [2.45, 2.75) is 33.1 Å². The van der Waals surface area contributed by atoms with Crippen LogP contribution in [0, 0.1) is 20.8 Å². The normalized spacial score (nSPS) is 12.2. The van der Waals surface area contributed by atoms with E-state index >= 15 is 0 Å². The molecule has 8 aromatic carbocycles. The number of ether oxygens (including phenoxy) is 4. The van der Waals surface area contributed by atoms with E-state index in [9.17, 15) is 4.79 Å². The van der Waals surface area contributed by atoms with E-state index in [1.807, 2.05) is 142 Å². The molecule has 0 atom stereocenters. The zero-order valence-electron chi connectivity index (χ0n) is 51.2. The predicted octanol–water partition coefficient (Wildman–Crippen LogP) is 16.7. The van der Waals surface area contributed by atoms with Gasteiger partial charge in [0.2, 0.25) is 0 Å². The van der Waals surface area contributed by atoms with Crippen LogP contribution in [0.25, 0.3) is 24.3 Å². The Kier molecular flexibility index (Phi) is 21.3. The molecule has 450 valence electrons. The summed E-state index contributed by atoms with van der Waals surface area (Å²) in [5.41, 5.74) is 8.90. The van der Waals surface area contributed by atoms with E-state index in [-0.39, 0.29) is 0 Å². The minimum absolute atomic E-state index is 0.495. The van der Waals surface area contributed by atoms with Crippen molar-refractivity contribution in [1.29, 1.82) is 0 Å². The van der Waals surface area contributed by atoms with E-state index < -0.39 is 11.9 Å². The quantitative estimate of drug-likeness (QED) is 0.0584. The van der Waals surface area contributed by atoms with Crippen LogP contribution in [0.15, 0.2) is 261 Å². The Morgan fingerprint density at radius 2 is 0.584 bits per heavy atom. The van der Waals surface area contributed by atoms with E-state index in [1.54, 1.807) is 34.5 Å². The Bertz CT molecular complexity index is 3750. The van der Waals surface area contributed by atoms with Crippen LogP contribution in [0.3, 0.4) is 0 Å². The molecule has 3 heterocycles. The molecular weight excluding hydrogens is 1180 g/mol. The van der Waals surface area contributed by atoms with Gasteiger partial charge in [-0.3, -0.25) is 19.7 Å². The summed E-state index contributed by atoms with van der Waals surface area (Å²) in [6, 6.07) is 88.6. The topological polar surface area (TPSA) is 92.7 Å². The van der Waals surface area contributed by atoms with Crippen LogP contribution in [-0.4, -0.2) is 49.7 Å². The minimum Gasteiger partial charge on any atom is -0.296 e. The average Bonchev–Trinajstić information content (AvgIpc) is 1.09. The molecule has 0 aliphatic rings. The Hall–Kier alpha value is -9.00. The van der Waals surface area contributed by atoms with Crippen LogP contribution in [0.1, 0.15) is 61.2 Å². The number of methoxy groups -OCH3 is 4. The number of carbonyl (C=O) groups is 1. The molecule has 0 aliphatic carbocycles. The van der Waals surface area contributed by atoms with Crippen molar-refractivity contribution in [3.8, 4) is 23.0 Å². The van der Waals surface area contributed by atoms with E-state index in [4.69, 9.17) is 41.4 Å². The van der Waals surface area contributed by atoms with Crippen LogP contribution >= 0.6 is 34.4 Å². The third-order valence-corrected chi connectivity index (χ3v) is 30.0. The van der Waals surface area contributed by atoms with E-state index in [2.05, 4.69) is 173 Å². The van der Waals surface area contributed by atoms with Crippen molar-refractivity contribution in [2.24, 2.45) is 0 Å². The molecule has 0 bridgehead atoms. The fraction of sp³-hybridized carbons (Fsp3) is 0.117. The van der Waals surface area contributed by atoms with Crippen LogP contribution in [0.5, 0.6) is 23.0 Å². The summed E-state index contributed by atoms with van der Waals surface area (Å²) in [6.45, 7) is 5.81. The molecule has 0 spiro atoms. The van der Waals surface area contributed by atoms with Gasteiger partial charge >= 0.3 is 319 Å². The number of nitrogens with zero attached hydrogens (tertiary/aromatic N) is 3. The molecule has 0 amide bonds. The first-order valence-electron chi connectivity index (χ1n) is 29.2. The molecule has 0 N–H and O–H groups in total. The van der Waals surface area contributed by atoms with Gasteiger partial charge in [0.15, 0.2) is 6.29 Å². The predicted molar refractivity (Wildman–Crippen MR) is 379 cm³/mol. The fourth-order valence-corrected chi connectivity index (χ4v) is 23.5. The number of aldehydes is 1. The molecule has 0 fully saturated rings. The molecule has 0 aliphatic heterocycles. The van der Waals surface area contributed by atoms with E-state index in [1.165, 1.54) is 0 Å². The molecule has 11 aromatic rings. The number of rotatable bonds is 19. The SMILES string of the molecule is COc1cc(/C=C/c2cccc(C)n2)c(OC)cc1/C=C/c1cccc(C)n1.COc1cc(CP(Cl)(c2ccccc2)(c2ccccc2)c2ccccc2)c(OC)cc1CP(Cl)(c1ccccc1)(c1ccccc1)c1ccccc1.Cc1cccc(C=O)n1. The van der Waals surface area contributed by atoms with Crippen LogP contribution in [-0.2, 0) is 12.3 Å². The molecule has 3 aromatic heterocycles. The van der Waals surface area contributed by atoms with Crippen molar-refractivity contribution in [1.82, 2.24) is 15.0 Å². The number of pyridine rings is 3. The van der Waals surface area contributed by atoms with Gasteiger partial charge in [-0.25, -0.2) is 0 Å². The van der Waals surface area contributed by atoms with E-state index in [0.717, 1.165) is 112 Å². The summed E-state index contributed by atoms with van der Waals surface area (Å²) in [4.78, 5) is 23.0. The van der Waals surface area contributed by atoms with E-state index in [0.29, 0.717) is 18.0 Å². The van der Waals surface area contributed by atoms with Crippen LogP contribution in [0.2, 0.25) is 0 Å². The molecule has 0 unspecified atom stereocenters. The van der Waals surface area contributed by atoms with Gasteiger partial charge in [0, 0.05) is 28.2 Å². The second-order valence-corrected chi connectivity index (χ2v) is 34.3. The summed E-state index contributed by atoms with van der Waals surface area (Å²) in [6.07, 6.45) is 9.66. The molecule has 0 saturated heterocycles. The van der Waals surface area contributed by atoms with Crippen molar-refractivity contribution in [3.05, 3.63) is 317 Å².